The minimum Gasteiger partial charge on any atom is -0.212 e. The van der Waals surface area contributed by atoms with E-state index in [1.54, 1.807) is 13.8 Å². The predicted molar refractivity (Wildman–Crippen MR) is 97.7 cm³/mol. The van der Waals surface area contributed by atoms with Crippen LogP contribution in [-0.4, -0.2) is 22.9 Å². The molecule has 2 N–H and O–H groups in total. The van der Waals surface area contributed by atoms with E-state index in [0.29, 0.717) is 23.3 Å². The van der Waals surface area contributed by atoms with E-state index in [2.05, 4.69) is 9.44 Å². The van der Waals surface area contributed by atoms with Crippen molar-refractivity contribution < 1.29 is 30.0 Å². The molecule has 2 aromatic rings. The highest BCUT2D eigenvalue weighted by Gasteiger charge is 2.23. The van der Waals surface area contributed by atoms with Gasteiger partial charge in [0.05, 0.1) is 5.75 Å². The van der Waals surface area contributed by atoms with E-state index >= 15 is 0 Å². The number of benzene rings is 2. The van der Waals surface area contributed by atoms with Crippen LogP contribution < -0.4 is 9.44 Å². The van der Waals surface area contributed by atoms with Crippen LogP contribution in [0.1, 0.15) is 25.0 Å². The van der Waals surface area contributed by atoms with Gasteiger partial charge in [-0.1, -0.05) is 24.3 Å². The Morgan fingerprint density at radius 2 is 1.43 bits per heavy atom. The Balaban J connectivity index is 2.08. The first-order chi connectivity index (χ1) is 12.9. The van der Waals surface area contributed by atoms with E-state index in [9.17, 15) is 30.0 Å². The van der Waals surface area contributed by atoms with Crippen LogP contribution >= 0.6 is 0 Å². The van der Waals surface area contributed by atoms with Crippen LogP contribution in [0.3, 0.4) is 0 Å². The van der Waals surface area contributed by atoms with Crippen LogP contribution in [-0.2, 0) is 32.3 Å². The van der Waals surface area contributed by atoms with Crippen molar-refractivity contribution in [3.05, 3.63) is 65.0 Å². The van der Waals surface area contributed by atoms with Crippen molar-refractivity contribution in [3.8, 4) is 0 Å². The number of nitrogens with one attached hydrogen (secondary N) is 2. The van der Waals surface area contributed by atoms with Gasteiger partial charge in [-0.2, -0.15) is 0 Å². The topological polar surface area (TPSA) is 92.3 Å². The molecule has 0 radical (unpaired) electrons. The van der Waals surface area contributed by atoms with Crippen molar-refractivity contribution in [2.45, 2.75) is 37.1 Å². The summed E-state index contributed by atoms with van der Waals surface area (Å²) >= 11 is 0. The predicted octanol–water partition coefficient (Wildman–Crippen LogP) is 2.41. The maximum absolute atomic E-state index is 13.7. The minimum absolute atomic E-state index is 0.239. The van der Waals surface area contributed by atoms with E-state index in [-0.39, 0.29) is 18.3 Å². The Morgan fingerprint density at radius 1 is 0.857 bits per heavy atom. The molecule has 0 spiro atoms. The number of rotatable bonds is 8. The van der Waals surface area contributed by atoms with Gasteiger partial charge in [0.2, 0.25) is 20.0 Å². The smallest absolute Gasteiger partial charge is 0.212 e. The lowest BCUT2D eigenvalue weighted by atomic mass is 10.1. The molecule has 0 atom stereocenters. The third-order valence-electron chi connectivity index (χ3n) is 3.55. The molecule has 0 aliphatic rings. The Hall–Kier alpha value is -1.95. The van der Waals surface area contributed by atoms with Gasteiger partial charge in [0.15, 0.2) is 17.5 Å². The van der Waals surface area contributed by atoms with Crippen molar-refractivity contribution in [1.82, 2.24) is 9.44 Å². The molecule has 6 nitrogen and oxygen atoms in total. The Labute approximate surface area is 161 Å². The summed E-state index contributed by atoms with van der Waals surface area (Å²) in [7, 11) is -7.92. The fourth-order valence-corrected chi connectivity index (χ4v) is 4.86. The second kappa shape index (κ2) is 8.60. The second-order valence-electron chi connectivity index (χ2n) is 6.35. The maximum atomic E-state index is 13.7. The summed E-state index contributed by atoms with van der Waals surface area (Å²) in [6.07, 6.45) is 0. The monoisotopic (exact) mass is 436 g/mol. The van der Waals surface area contributed by atoms with Gasteiger partial charge in [-0.25, -0.2) is 39.5 Å². The molecule has 28 heavy (non-hydrogen) atoms. The van der Waals surface area contributed by atoms with Crippen molar-refractivity contribution in [2.24, 2.45) is 0 Å². The largest absolute Gasteiger partial charge is 0.243 e. The van der Waals surface area contributed by atoms with Gasteiger partial charge in [0.1, 0.15) is 4.90 Å². The van der Waals surface area contributed by atoms with E-state index in [0.717, 1.165) is 0 Å². The van der Waals surface area contributed by atoms with Crippen LogP contribution in [0.15, 0.2) is 41.3 Å². The van der Waals surface area contributed by atoms with E-state index in [1.165, 1.54) is 24.3 Å². The Morgan fingerprint density at radius 3 is 2.00 bits per heavy atom. The number of hydrogen-bond acceptors (Lipinski definition) is 4. The quantitative estimate of drug-likeness (QED) is 0.622. The van der Waals surface area contributed by atoms with Crippen molar-refractivity contribution in [3.63, 3.8) is 0 Å². The van der Waals surface area contributed by atoms with E-state index < -0.39 is 42.4 Å². The lowest BCUT2D eigenvalue weighted by molar-refractivity contribution is 0.431. The second-order valence-corrected chi connectivity index (χ2v) is 9.84. The van der Waals surface area contributed by atoms with Crippen molar-refractivity contribution in [2.75, 3.05) is 0 Å². The lowest BCUT2D eigenvalue weighted by Crippen LogP contribution is -2.31. The number of sulfonamides is 2. The molecule has 0 fully saturated rings. The molecule has 2 rings (SSSR count). The Bertz CT molecular complexity index is 1050. The van der Waals surface area contributed by atoms with E-state index in [1.807, 2.05) is 0 Å². The van der Waals surface area contributed by atoms with Gasteiger partial charge in [0.25, 0.3) is 0 Å². The fraction of sp³-hybridized carbons (Fsp3) is 0.294. The van der Waals surface area contributed by atoms with Crippen molar-refractivity contribution in [1.29, 1.82) is 0 Å². The third kappa shape index (κ3) is 5.77. The van der Waals surface area contributed by atoms with E-state index in [4.69, 9.17) is 0 Å². The van der Waals surface area contributed by atoms with Crippen molar-refractivity contribution >= 4 is 20.0 Å². The van der Waals surface area contributed by atoms with Gasteiger partial charge >= 0.3 is 0 Å². The summed E-state index contributed by atoms with van der Waals surface area (Å²) in [6.45, 7) is 3.14. The summed E-state index contributed by atoms with van der Waals surface area (Å²) in [5.74, 6) is -5.40. The summed E-state index contributed by atoms with van der Waals surface area (Å²) in [5.41, 5.74) is 0.955. The normalized spacial score (nSPS) is 12.5. The summed E-state index contributed by atoms with van der Waals surface area (Å²) < 4.78 is 92.4. The van der Waals surface area contributed by atoms with Gasteiger partial charge in [0, 0.05) is 12.6 Å². The first-order valence-corrected chi connectivity index (χ1v) is 11.3. The molecule has 154 valence electrons. The summed E-state index contributed by atoms with van der Waals surface area (Å²) in [6, 6.07) is 6.95. The molecular weight excluding hydrogens is 417 g/mol. The standard InChI is InChI=1S/C17H19F3N2O4S2/c1-11(2)22-27(23,24)10-13-5-3-12(4-6-13)9-21-28(25,26)15-8-7-14(18)16(19)17(15)20/h3-8,11,21-22H,9-10H2,1-2H3. The van der Waals surface area contributed by atoms with Gasteiger partial charge in [-0.05, 0) is 37.1 Å². The van der Waals surface area contributed by atoms with Crippen LogP contribution in [0.2, 0.25) is 0 Å². The third-order valence-corrected chi connectivity index (χ3v) is 6.51. The molecule has 0 saturated carbocycles. The zero-order chi connectivity index (χ0) is 21.1. The highest BCUT2D eigenvalue weighted by atomic mass is 32.2. The van der Waals surface area contributed by atoms with Gasteiger partial charge in [-0.15, -0.1) is 0 Å². The molecule has 0 aliphatic carbocycles. The molecular formula is C17H19F3N2O4S2. The highest BCUT2D eigenvalue weighted by Crippen LogP contribution is 2.20. The molecule has 11 heteroatoms. The minimum atomic E-state index is -4.42. The molecule has 0 saturated heterocycles. The fourth-order valence-electron chi connectivity index (χ4n) is 2.35. The molecule has 0 amide bonds. The lowest BCUT2D eigenvalue weighted by Gasteiger charge is -2.11. The Kier molecular flexibility index (Phi) is 6.86. The zero-order valence-electron chi connectivity index (χ0n) is 15.0. The zero-order valence-corrected chi connectivity index (χ0v) is 16.7. The molecule has 0 unspecified atom stereocenters. The molecule has 0 aromatic heterocycles. The molecule has 2 aromatic carbocycles. The number of halogens is 3. The van der Waals surface area contributed by atoms with Crippen LogP contribution in [0.5, 0.6) is 0 Å². The molecule has 0 aliphatic heterocycles. The van der Waals surface area contributed by atoms with Gasteiger partial charge < -0.3 is 0 Å². The first kappa shape index (κ1) is 22.3. The first-order valence-electron chi connectivity index (χ1n) is 8.12. The molecule has 0 bridgehead atoms. The van der Waals surface area contributed by atoms with Gasteiger partial charge in [-0.3, -0.25) is 0 Å². The SMILES string of the molecule is CC(C)NS(=O)(=O)Cc1ccc(CNS(=O)(=O)c2ccc(F)c(F)c2F)cc1. The number of hydrogen-bond donors (Lipinski definition) is 2. The van der Waals surface area contributed by atoms with Crippen LogP contribution in [0.4, 0.5) is 13.2 Å². The summed E-state index contributed by atoms with van der Waals surface area (Å²) in [4.78, 5) is -1.01. The van der Waals surface area contributed by atoms with Crippen LogP contribution in [0, 0.1) is 17.5 Å². The average Bonchev–Trinajstić information content (AvgIpc) is 2.57. The van der Waals surface area contributed by atoms with Crippen LogP contribution in [0.25, 0.3) is 0 Å². The maximum Gasteiger partial charge on any atom is 0.243 e. The highest BCUT2D eigenvalue weighted by molar-refractivity contribution is 7.89. The summed E-state index contributed by atoms with van der Waals surface area (Å²) in [5, 5.41) is 0. The average molecular weight is 436 g/mol. The molecule has 0 heterocycles.